The maximum Gasteiger partial charge on any atom is 0.335 e. The summed E-state index contributed by atoms with van der Waals surface area (Å²) in [6, 6.07) is 0. The fraction of sp³-hybridized carbons (Fsp3) is 0.797. The van der Waals surface area contributed by atoms with Crippen LogP contribution >= 0.6 is 0 Å². The van der Waals surface area contributed by atoms with Gasteiger partial charge in [0, 0.05) is 19.3 Å². The Balaban J connectivity index is 2.69. The zero-order valence-electron chi connectivity index (χ0n) is 45.0. The van der Waals surface area contributed by atoms with Gasteiger partial charge in [-0.1, -0.05) is 204 Å². The Morgan fingerprint density at radius 3 is 1.38 bits per heavy atom. The maximum absolute atomic E-state index is 13.1. The monoisotopic (exact) mass is 1000 g/mol. The molecule has 1 aliphatic heterocycles. The van der Waals surface area contributed by atoms with Crippen molar-refractivity contribution in [3.8, 4) is 0 Å². The molecule has 6 atom stereocenters. The Labute approximate surface area is 431 Å². The molecule has 0 saturated carbocycles. The van der Waals surface area contributed by atoms with Crippen LogP contribution in [0.15, 0.2) is 48.6 Å². The lowest BCUT2D eigenvalue weighted by molar-refractivity contribution is -0.301. The zero-order chi connectivity index (χ0) is 51.8. The number of unbranched alkanes of at least 4 members (excludes halogenated alkanes) is 26. The minimum Gasteiger partial charge on any atom is -0.479 e. The maximum atomic E-state index is 13.1. The molecule has 0 aromatic carbocycles. The van der Waals surface area contributed by atoms with Gasteiger partial charge in [0.05, 0.1) is 6.61 Å². The van der Waals surface area contributed by atoms with Gasteiger partial charge in [-0.2, -0.15) is 0 Å². The zero-order valence-corrected chi connectivity index (χ0v) is 45.0. The predicted molar refractivity (Wildman–Crippen MR) is 285 cm³/mol. The van der Waals surface area contributed by atoms with E-state index < -0.39 is 67.3 Å². The van der Waals surface area contributed by atoms with Gasteiger partial charge in [0.15, 0.2) is 24.6 Å². The summed E-state index contributed by atoms with van der Waals surface area (Å²) in [4.78, 5) is 51.0. The molecule has 0 bridgehead atoms. The van der Waals surface area contributed by atoms with Crippen molar-refractivity contribution in [1.29, 1.82) is 0 Å². The molecule has 1 rings (SSSR count). The molecule has 0 amide bonds. The number of aliphatic carboxylic acids is 1. The smallest absolute Gasteiger partial charge is 0.335 e. The number of carbonyl (C=O) groups excluding carboxylic acids is 3. The van der Waals surface area contributed by atoms with Gasteiger partial charge >= 0.3 is 23.9 Å². The van der Waals surface area contributed by atoms with E-state index in [1.165, 1.54) is 103 Å². The van der Waals surface area contributed by atoms with Crippen LogP contribution < -0.4 is 0 Å². The molecule has 1 heterocycles. The quantitative estimate of drug-likeness (QED) is 0.0228. The molecule has 3 N–H and O–H groups in total. The molecule has 410 valence electrons. The van der Waals surface area contributed by atoms with Crippen molar-refractivity contribution in [2.45, 2.75) is 289 Å². The summed E-state index contributed by atoms with van der Waals surface area (Å²) in [5.74, 6) is -3.15. The normalized spacial score (nSPS) is 18.8. The van der Waals surface area contributed by atoms with Crippen LogP contribution in [-0.4, -0.2) is 89.2 Å². The van der Waals surface area contributed by atoms with E-state index >= 15 is 0 Å². The van der Waals surface area contributed by atoms with Crippen LogP contribution in [0.25, 0.3) is 0 Å². The number of ether oxygens (including phenoxy) is 5. The van der Waals surface area contributed by atoms with Gasteiger partial charge in [-0.05, 0) is 77.0 Å². The van der Waals surface area contributed by atoms with E-state index in [2.05, 4.69) is 69.4 Å². The largest absolute Gasteiger partial charge is 0.479 e. The number of aliphatic hydroxyl groups is 2. The van der Waals surface area contributed by atoms with Crippen LogP contribution in [0.1, 0.15) is 252 Å². The van der Waals surface area contributed by atoms with Crippen molar-refractivity contribution in [3.63, 3.8) is 0 Å². The highest BCUT2D eigenvalue weighted by Gasteiger charge is 2.50. The van der Waals surface area contributed by atoms with E-state index in [0.717, 1.165) is 89.9 Å². The summed E-state index contributed by atoms with van der Waals surface area (Å²) in [5, 5.41) is 31.4. The van der Waals surface area contributed by atoms with Crippen molar-refractivity contribution < 1.29 is 58.2 Å². The molecule has 0 aliphatic carbocycles. The number of hydrogen-bond donors (Lipinski definition) is 3. The van der Waals surface area contributed by atoms with E-state index in [1.807, 2.05) is 0 Å². The molecule has 0 spiro atoms. The molecule has 1 fully saturated rings. The summed E-state index contributed by atoms with van der Waals surface area (Å²) in [6.07, 6.45) is 43.8. The Morgan fingerprint density at radius 1 is 0.479 bits per heavy atom. The highest BCUT2D eigenvalue weighted by molar-refractivity contribution is 5.74. The summed E-state index contributed by atoms with van der Waals surface area (Å²) >= 11 is 0. The van der Waals surface area contributed by atoms with Gasteiger partial charge in [-0.25, -0.2) is 4.79 Å². The molecule has 0 aromatic heterocycles. The molecule has 71 heavy (non-hydrogen) atoms. The lowest BCUT2D eigenvalue weighted by Crippen LogP contribution is -2.61. The van der Waals surface area contributed by atoms with Crippen LogP contribution in [-0.2, 0) is 42.9 Å². The first-order chi connectivity index (χ1) is 34.6. The lowest BCUT2D eigenvalue weighted by Gasteiger charge is -2.40. The topological polar surface area (TPSA) is 175 Å². The van der Waals surface area contributed by atoms with Gasteiger partial charge < -0.3 is 39.0 Å². The van der Waals surface area contributed by atoms with Crippen molar-refractivity contribution in [2.75, 3.05) is 13.2 Å². The van der Waals surface area contributed by atoms with Crippen molar-refractivity contribution >= 4 is 23.9 Å². The van der Waals surface area contributed by atoms with Crippen LogP contribution in [0.4, 0.5) is 0 Å². The van der Waals surface area contributed by atoms with Crippen molar-refractivity contribution in [1.82, 2.24) is 0 Å². The first kappa shape index (κ1) is 65.7. The fourth-order valence-electron chi connectivity index (χ4n) is 8.49. The highest BCUT2D eigenvalue weighted by Crippen LogP contribution is 2.26. The average molecular weight is 1000 g/mol. The average Bonchev–Trinajstić information content (AvgIpc) is 3.35. The molecule has 0 aromatic rings. The second-order valence-electron chi connectivity index (χ2n) is 19.5. The number of rotatable bonds is 48. The number of hydrogen-bond acceptors (Lipinski definition) is 11. The number of allylic oxidation sites excluding steroid dienone is 8. The number of carboxylic acids is 1. The van der Waals surface area contributed by atoms with E-state index in [1.54, 1.807) is 0 Å². The highest BCUT2D eigenvalue weighted by atomic mass is 16.7. The van der Waals surface area contributed by atoms with Crippen LogP contribution in [0, 0.1) is 0 Å². The summed E-state index contributed by atoms with van der Waals surface area (Å²) in [6.45, 7) is 5.84. The lowest BCUT2D eigenvalue weighted by atomic mass is 9.98. The second-order valence-corrected chi connectivity index (χ2v) is 19.5. The Kier molecular flexibility index (Phi) is 44.1. The minimum atomic E-state index is -1.91. The van der Waals surface area contributed by atoms with Gasteiger partial charge in [-0.15, -0.1) is 0 Å². The standard InChI is InChI=1S/C59H102O12/c1-4-7-10-13-16-19-22-24-25-26-27-29-32-35-38-41-44-47-53(62)70-57-55(64)54(63)56(58(65)66)71-59(57)68-49-50(69-52(61)46-43-40-37-34-30-21-18-15-12-9-6-3)48-67-51(60)45-42-39-36-33-31-28-23-20-17-14-11-8-5-2/h8,11,17,20,24-25,28,31,50,54-57,59,63-64H,4-7,9-10,12-16,18-19,21-23,26-27,29-30,32-49H2,1-3H3,(H,65,66)/b11-8-,20-17-,25-24-,31-28-. The van der Waals surface area contributed by atoms with Crippen LogP contribution in [0.5, 0.6) is 0 Å². The van der Waals surface area contributed by atoms with Crippen LogP contribution in [0.2, 0.25) is 0 Å². The molecule has 1 aliphatic rings. The number of aliphatic hydroxyl groups excluding tert-OH is 2. The Morgan fingerprint density at radius 2 is 0.887 bits per heavy atom. The van der Waals surface area contributed by atoms with Gasteiger partial charge in [0.2, 0.25) is 0 Å². The summed E-state index contributed by atoms with van der Waals surface area (Å²) in [5.41, 5.74) is 0. The van der Waals surface area contributed by atoms with Crippen LogP contribution in [0.3, 0.4) is 0 Å². The van der Waals surface area contributed by atoms with E-state index in [-0.39, 0.29) is 25.9 Å². The minimum absolute atomic E-state index is 0.0543. The molecule has 12 heteroatoms. The SMILES string of the molecule is CC/C=C\C/C=C\C/C=C\CCCCCC(=O)OCC(COC1OC(C(=O)O)C(O)C(O)C1OC(=O)CCCCCCCCC/C=C\CCCCCCCC)OC(=O)CCCCCCCCCCCCC. The third-order valence-electron chi connectivity index (χ3n) is 12.9. The first-order valence-electron chi connectivity index (χ1n) is 28.6. The molecule has 0 radical (unpaired) electrons. The second kappa shape index (κ2) is 47.7. The van der Waals surface area contributed by atoms with E-state index in [4.69, 9.17) is 23.7 Å². The first-order valence-corrected chi connectivity index (χ1v) is 28.6. The third kappa shape index (κ3) is 38.0. The predicted octanol–water partition coefficient (Wildman–Crippen LogP) is 14.2. The van der Waals surface area contributed by atoms with Crippen molar-refractivity contribution in [2.24, 2.45) is 0 Å². The van der Waals surface area contributed by atoms with Gasteiger partial charge in [0.1, 0.15) is 18.8 Å². The molecule has 6 unspecified atom stereocenters. The van der Waals surface area contributed by atoms with E-state index in [9.17, 15) is 34.5 Å². The van der Waals surface area contributed by atoms with Gasteiger partial charge in [0.25, 0.3) is 0 Å². The number of carbonyl (C=O) groups is 4. The summed E-state index contributed by atoms with van der Waals surface area (Å²) < 4.78 is 28.3. The summed E-state index contributed by atoms with van der Waals surface area (Å²) in [7, 11) is 0. The molecular weight excluding hydrogens is 901 g/mol. The fourth-order valence-corrected chi connectivity index (χ4v) is 8.49. The Hall–Kier alpha value is -3.32. The Bertz CT molecular complexity index is 1420. The van der Waals surface area contributed by atoms with Gasteiger partial charge in [-0.3, -0.25) is 14.4 Å². The third-order valence-corrected chi connectivity index (χ3v) is 12.9. The van der Waals surface area contributed by atoms with E-state index in [0.29, 0.717) is 19.3 Å². The molecule has 12 nitrogen and oxygen atoms in total. The van der Waals surface area contributed by atoms with Crippen molar-refractivity contribution in [3.05, 3.63) is 48.6 Å². The molecular formula is C59H102O12. The number of esters is 3. The molecule has 1 saturated heterocycles. The number of carboxylic acid groups (broad SMARTS) is 1.